The van der Waals surface area contributed by atoms with Crippen molar-refractivity contribution < 1.29 is 14.0 Å². The lowest BCUT2D eigenvalue weighted by Crippen LogP contribution is -2.45. The maximum atomic E-state index is 13.3. The summed E-state index contributed by atoms with van der Waals surface area (Å²) < 4.78 is 13.3. The fourth-order valence-electron chi connectivity index (χ4n) is 3.93. The van der Waals surface area contributed by atoms with Crippen LogP contribution in [0.3, 0.4) is 0 Å². The van der Waals surface area contributed by atoms with Crippen LogP contribution < -0.4 is 5.32 Å². The number of nitrogens with zero attached hydrogens (tertiary/aromatic N) is 3. The molecule has 2 saturated heterocycles. The van der Waals surface area contributed by atoms with E-state index in [2.05, 4.69) is 10.2 Å². The van der Waals surface area contributed by atoms with E-state index < -0.39 is 0 Å². The average molecular weight is 376 g/mol. The molecule has 0 bridgehead atoms. The second-order valence-corrected chi connectivity index (χ2v) is 7.34. The Morgan fingerprint density at radius 3 is 2.26 bits per heavy atom. The quantitative estimate of drug-likeness (QED) is 0.877. The highest BCUT2D eigenvalue weighted by atomic mass is 19.1. The minimum atomic E-state index is -0.248. The van der Waals surface area contributed by atoms with Gasteiger partial charge in [0.1, 0.15) is 5.82 Å². The van der Waals surface area contributed by atoms with E-state index in [0.29, 0.717) is 32.7 Å². The van der Waals surface area contributed by atoms with Crippen LogP contribution in [0.4, 0.5) is 9.18 Å². The minimum Gasteiger partial charge on any atom is -0.341 e. The molecule has 7 heteroatoms. The Balaban J connectivity index is 1.60. The summed E-state index contributed by atoms with van der Waals surface area (Å²) in [5, 5.41) is 3.06. The van der Waals surface area contributed by atoms with Gasteiger partial charge in [-0.05, 0) is 50.0 Å². The number of carbonyl (C=O) groups is 2. The lowest BCUT2D eigenvalue weighted by molar-refractivity contribution is -0.128. The summed E-state index contributed by atoms with van der Waals surface area (Å²) in [6, 6.07) is 6.53. The van der Waals surface area contributed by atoms with Crippen molar-refractivity contribution in [2.75, 3.05) is 45.8 Å². The van der Waals surface area contributed by atoms with E-state index in [0.717, 1.165) is 37.9 Å². The van der Waals surface area contributed by atoms with Crippen LogP contribution in [0, 0.1) is 5.82 Å². The highest BCUT2D eigenvalue weighted by molar-refractivity contribution is 5.75. The zero-order valence-corrected chi connectivity index (χ0v) is 16.0. The molecule has 0 aliphatic carbocycles. The number of amides is 3. The van der Waals surface area contributed by atoms with Crippen LogP contribution in [0.5, 0.6) is 0 Å². The molecule has 0 spiro atoms. The third-order valence-corrected chi connectivity index (χ3v) is 5.51. The number of carbonyl (C=O) groups excluding carboxylic acids is 2. The molecular weight excluding hydrogens is 347 g/mol. The monoisotopic (exact) mass is 376 g/mol. The lowest BCUT2D eigenvalue weighted by atomic mass is 10.1. The van der Waals surface area contributed by atoms with Crippen molar-refractivity contribution >= 4 is 11.9 Å². The molecule has 1 aromatic carbocycles. The number of urea groups is 1. The number of halogens is 1. The summed E-state index contributed by atoms with van der Waals surface area (Å²) in [7, 11) is 0. The SMILES string of the molecule is CC(=O)N1CCCN(C(=O)NCC(c2ccc(F)cc2)N2CCCC2)CC1. The second-order valence-electron chi connectivity index (χ2n) is 7.34. The van der Waals surface area contributed by atoms with E-state index in [1.807, 2.05) is 0 Å². The van der Waals surface area contributed by atoms with E-state index in [4.69, 9.17) is 0 Å². The number of likely N-dealkylation sites (tertiary alicyclic amines) is 1. The first kappa shape index (κ1) is 19.6. The number of benzene rings is 1. The van der Waals surface area contributed by atoms with Gasteiger partial charge in [-0.3, -0.25) is 9.69 Å². The van der Waals surface area contributed by atoms with Crippen LogP contribution in [0.25, 0.3) is 0 Å². The van der Waals surface area contributed by atoms with Crippen LogP contribution in [0.2, 0.25) is 0 Å². The predicted molar refractivity (Wildman–Crippen MR) is 102 cm³/mol. The van der Waals surface area contributed by atoms with Crippen molar-refractivity contribution in [2.24, 2.45) is 0 Å². The smallest absolute Gasteiger partial charge is 0.317 e. The van der Waals surface area contributed by atoms with Crippen LogP contribution in [0.15, 0.2) is 24.3 Å². The summed E-state index contributed by atoms with van der Waals surface area (Å²) in [5.41, 5.74) is 1.03. The molecule has 2 heterocycles. The van der Waals surface area contributed by atoms with Gasteiger partial charge in [0.2, 0.25) is 5.91 Å². The van der Waals surface area contributed by atoms with Gasteiger partial charge in [-0.2, -0.15) is 0 Å². The lowest BCUT2D eigenvalue weighted by Gasteiger charge is -2.29. The third kappa shape index (κ3) is 5.19. The molecular formula is C20H29FN4O2. The molecule has 148 valence electrons. The summed E-state index contributed by atoms with van der Waals surface area (Å²) in [6.07, 6.45) is 3.10. The number of nitrogens with one attached hydrogen (secondary N) is 1. The Kier molecular flexibility index (Phi) is 6.66. The molecule has 0 saturated carbocycles. The molecule has 1 N–H and O–H groups in total. The number of hydrogen-bond donors (Lipinski definition) is 1. The summed E-state index contributed by atoms with van der Waals surface area (Å²) in [6.45, 7) is 6.54. The van der Waals surface area contributed by atoms with Gasteiger partial charge in [-0.15, -0.1) is 0 Å². The topological polar surface area (TPSA) is 55.9 Å². The van der Waals surface area contributed by atoms with Crippen molar-refractivity contribution in [1.82, 2.24) is 20.0 Å². The molecule has 2 aliphatic rings. The molecule has 3 rings (SSSR count). The van der Waals surface area contributed by atoms with Gasteiger partial charge in [0.15, 0.2) is 0 Å². The Morgan fingerprint density at radius 2 is 1.59 bits per heavy atom. The van der Waals surface area contributed by atoms with Crippen molar-refractivity contribution in [3.63, 3.8) is 0 Å². The predicted octanol–water partition coefficient (Wildman–Crippen LogP) is 2.23. The first-order valence-corrected chi connectivity index (χ1v) is 9.82. The summed E-state index contributed by atoms with van der Waals surface area (Å²) in [4.78, 5) is 30.1. The summed E-state index contributed by atoms with van der Waals surface area (Å²) >= 11 is 0. The second kappa shape index (κ2) is 9.17. The molecule has 27 heavy (non-hydrogen) atoms. The highest BCUT2D eigenvalue weighted by Gasteiger charge is 2.26. The number of rotatable bonds is 4. The normalized spacial score (nSPS) is 19.6. The van der Waals surface area contributed by atoms with Crippen LogP contribution in [0.1, 0.15) is 37.8 Å². The van der Waals surface area contributed by atoms with Crippen molar-refractivity contribution in [3.8, 4) is 0 Å². The fraction of sp³-hybridized carbons (Fsp3) is 0.600. The van der Waals surface area contributed by atoms with Crippen LogP contribution in [-0.2, 0) is 4.79 Å². The molecule has 3 amide bonds. The third-order valence-electron chi connectivity index (χ3n) is 5.51. The first-order chi connectivity index (χ1) is 13.0. The standard InChI is InChI=1S/C20H29FN4O2/c1-16(26)23-11-4-12-25(14-13-23)20(27)22-15-19(24-9-2-3-10-24)17-5-7-18(21)8-6-17/h5-8,19H,2-4,9-15H2,1H3,(H,22,27). The van der Waals surface area contributed by atoms with E-state index >= 15 is 0 Å². The van der Waals surface area contributed by atoms with Crippen molar-refractivity contribution in [3.05, 3.63) is 35.6 Å². The van der Waals surface area contributed by atoms with Crippen LogP contribution >= 0.6 is 0 Å². The molecule has 1 atom stereocenters. The van der Waals surface area contributed by atoms with E-state index in [1.54, 1.807) is 28.9 Å². The van der Waals surface area contributed by atoms with E-state index in [1.165, 1.54) is 12.1 Å². The summed E-state index contributed by atoms with van der Waals surface area (Å²) in [5.74, 6) is -0.190. The molecule has 2 fully saturated rings. The van der Waals surface area contributed by atoms with Gasteiger partial charge in [-0.1, -0.05) is 12.1 Å². The molecule has 0 aromatic heterocycles. The van der Waals surface area contributed by atoms with E-state index in [-0.39, 0.29) is 23.8 Å². The van der Waals surface area contributed by atoms with Gasteiger partial charge in [0.05, 0.1) is 6.04 Å². The Labute approximate surface area is 160 Å². The zero-order chi connectivity index (χ0) is 19.2. The Bertz CT molecular complexity index is 646. The largest absolute Gasteiger partial charge is 0.341 e. The maximum absolute atomic E-state index is 13.3. The Morgan fingerprint density at radius 1 is 0.963 bits per heavy atom. The zero-order valence-electron chi connectivity index (χ0n) is 16.0. The van der Waals surface area contributed by atoms with Crippen molar-refractivity contribution in [1.29, 1.82) is 0 Å². The molecule has 1 unspecified atom stereocenters. The van der Waals surface area contributed by atoms with Gasteiger partial charge in [0.25, 0.3) is 0 Å². The molecule has 6 nitrogen and oxygen atoms in total. The van der Waals surface area contributed by atoms with Crippen molar-refractivity contribution in [2.45, 2.75) is 32.2 Å². The highest BCUT2D eigenvalue weighted by Crippen LogP contribution is 2.25. The van der Waals surface area contributed by atoms with Gasteiger partial charge >= 0.3 is 6.03 Å². The first-order valence-electron chi connectivity index (χ1n) is 9.82. The average Bonchev–Trinajstić information content (AvgIpc) is 3.06. The molecule has 1 aromatic rings. The number of hydrogen-bond acceptors (Lipinski definition) is 3. The van der Waals surface area contributed by atoms with Gasteiger partial charge in [0, 0.05) is 39.6 Å². The van der Waals surface area contributed by atoms with Crippen LogP contribution in [-0.4, -0.2) is 72.5 Å². The van der Waals surface area contributed by atoms with E-state index in [9.17, 15) is 14.0 Å². The maximum Gasteiger partial charge on any atom is 0.317 e. The van der Waals surface area contributed by atoms with Gasteiger partial charge in [-0.25, -0.2) is 9.18 Å². The molecule has 2 aliphatic heterocycles. The minimum absolute atomic E-state index is 0.0535. The molecule has 0 radical (unpaired) electrons. The fourth-order valence-corrected chi connectivity index (χ4v) is 3.93. The van der Waals surface area contributed by atoms with Gasteiger partial charge < -0.3 is 15.1 Å². The Hall–Kier alpha value is -2.15.